The van der Waals surface area contributed by atoms with E-state index in [1.807, 2.05) is 6.07 Å². The van der Waals surface area contributed by atoms with E-state index in [9.17, 15) is 13.2 Å². The Labute approximate surface area is 86.1 Å². The first-order chi connectivity index (χ1) is 6.96. The first-order valence-corrected chi connectivity index (χ1v) is 4.51. The Balaban J connectivity index is 3.41. The smallest absolute Gasteiger partial charge is 0.194 e. The molecule has 0 bridgehead atoms. The van der Waals surface area contributed by atoms with Crippen molar-refractivity contribution in [2.75, 3.05) is 0 Å². The molecule has 0 aromatic heterocycles. The van der Waals surface area contributed by atoms with Crippen LogP contribution in [0.15, 0.2) is 12.1 Å². The minimum absolute atomic E-state index is 0.105. The first kappa shape index (κ1) is 11.6. The Hall–Kier alpha value is -1.50. The molecule has 0 aliphatic rings. The fourth-order valence-corrected chi connectivity index (χ4v) is 1.28. The van der Waals surface area contributed by atoms with Crippen molar-refractivity contribution in [3.63, 3.8) is 0 Å². The maximum atomic E-state index is 13.4. The summed E-state index contributed by atoms with van der Waals surface area (Å²) in [6, 6.07) is 3.85. The summed E-state index contributed by atoms with van der Waals surface area (Å²) in [4.78, 5) is 0. The highest BCUT2D eigenvalue weighted by Gasteiger charge is 2.29. The number of nitriles is 1. The van der Waals surface area contributed by atoms with Gasteiger partial charge in [-0.15, -0.1) is 0 Å². The predicted octanol–water partition coefficient (Wildman–Crippen LogP) is 3.30. The molecule has 1 aromatic carbocycles. The van der Waals surface area contributed by atoms with Gasteiger partial charge in [-0.1, -0.05) is 13.0 Å². The minimum Gasteiger partial charge on any atom is -0.204 e. The largest absolute Gasteiger partial charge is 0.204 e. The van der Waals surface area contributed by atoms with E-state index in [4.69, 9.17) is 5.26 Å². The molecule has 0 amide bonds. The zero-order valence-corrected chi connectivity index (χ0v) is 8.44. The molecule has 1 aromatic rings. The average Bonchev–Trinajstić information content (AvgIpc) is 2.25. The van der Waals surface area contributed by atoms with Crippen LogP contribution in [-0.4, -0.2) is 0 Å². The number of hydrogen-bond donors (Lipinski definition) is 0. The minimum atomic E-state index is -1.53. The normalized spacial score (nSPS) is 14.4. The van der Waals surface area contributed by atoms with Crippen molar-refractivity contribution in [1.82, 2.24) is 0 Å². The van der Waals surface area contributed by atoms with Crippen LogP contribution in [0.25, 0.3) is 0 Å². The lowest BCUT2D eigenvalue weighted by atomic mass is 9.81. The van der Waals surface area contributed by atoms with Crippen molar-refractivity contribution in [3.05, 3.63) is 35.1 Å². The van der Waals surface area contributed by atoms with Crippen LogP contribution in [0, 0.1) is 28.8 Å². The second-order valence-electron chi connectivity index (χ2n) is 3.52. The van der Waals surface area contributed by atoms with Crippen LogP contribution in [0.4, 0.5) is 13.2 Å². The van der Waals surface area contributed by atoms with Crippen molar-refractivity contribution in [1.29, 1.82) is 5.26 Å². The van der Waals surface area contributed by atoms with Gasteiger partial charge in [0.25, 0.3) is 0 Å². The Morgan fingerprint density at radius 3 is 2.33 bits per heavy atom. The molecule has 15 heavy (non-hydrogen) atoms. The maximum absolute atomic E-state index is 13.4. The molecule has 80 valence electrons. The van der Waals surface area contributed by atoms with Crippen LogP contribution in [-0.2, 0) is 5.41 Å². The molecule has 0 fully saturated rings. The predicted molar refractivity (Wildman–Crippen MR) is 49.6 cm³/mol. The van der Waals surface area contributed by atoms with Crippen LogP contribution in [0.1, 0.15) is 25.8 Å². The molecule has 0 N–H and O–H groups in total. The van der Waals surface area contributed by atoms with E-state index in [1.165, 1.54) is 6.92 Å². The molecule has 0 radical (unpaired) electrons. The van der Waals surface area contributed by atoms with Gasteiger partial charge in [0.1, 0.15) is 0 Å². The maximum Gasteiger partial charge on any atom is 0.194 e. The average molecular weight is 213 g/mol. The zero-order chi connectivity index (χ0) is 11.6. The topological polar surface area (TPSA) is 23.8 Å². The number of hydrogen-bond acceptors (Lipinski definition) is 1. The van der Waals surface area contributed by atoms with Crippen LogP contribution in [0.3, 0.4) is 0 Å². The Morgan fingerprint density at radius 2 is 1.87 bits per heavy atom. The van der Waals surface area contributed by atoms with E-state index in [1.54, 1.807) is 6.92 Å². The van der Waals surface area contributed by atoms with Crippen LogP contribution in [0.2, 0.25) is 0 Å². The molecule has 0 aliphatic carbocycles. The summed E-state index contributed by atoms with van der Waals surface area (Å²) in [7, 11) is 0. The monoisotopic (exact) mass is 213 g/mol. The number of rotatable bonds is 2. The molecule has 0 aliphatic heterocycles. The third kappa shape index (κ3) is 1.82. The van der Waals surface area contributed by atoms with Crippen molar-refractivity contribution >= 4 is 0 Å². The van der Waals surface area contributed by atoms with Gasteiger partial charge in [-0.2, -0.15) is 5.26 Å². The summed E-state index contributed by atoms with van der Waals surface area (Å²) < 4.78 is 39.0. The molecule has 1 rings (SSSR count). The van der Waals surface area contributed by atoms with Crippen molar-refractivity contribution in [3.8, 4) is 6.07 Å². The molecule has 0 spiro atoms. The second kappa shape index (κ2) is 3.93. The third-order valence-electron chi connectivity index (χ3n) is 2.58. The first-order valence-electron chi connectivity index (χ1n) is 4.51. The molecule has 0 heterocycles. The van der Waals surface area contributed by atoms with Gasteiger partial charge in [-0.25, -0.2) is 13.2 Å². The quantitative estimate of drug-likeness (QED) is 0.691. The lowest BCUT2D eigenvalue weighted by Gasteiger charge is -2.20. The standard InChI is InChI=1S/C11H10F3N/c1-3-11(2,6-15)7-4-5-8(12)10(14)9(7)13/h4-5H,3H2,1-2H3. The molecule has 0 saturated heterocycles. The Bertz CT molecular complexity index is 423. The van der Waals surface area contributed by atoms with E-state index in [2.05, 4.69) is 0 Å². The van der Waals surface area contributed by atoms with E-state index in [-0.39, 0.29) is 5.56 Å². The summed E-state index contributed by atoms with van der Waals surface area (Å²) >= 11 is 0. The Kier molecular flexibility index (Phi) is 3.04. The summed E-state index contributed by atoms with van der Waals surface area (Å²) in [5.74, 6) is -4.05. The van der Waals surface area contributed by atoms with E-state index in [0.717, 1.165) is 12.1 Å². The van der Waals surface area contributed by atoms with Crippen LogP contribution in [0.5, 0.6) is 0 Å². The van der Waals surface area contributed by atoms with E-state index < -0.39 is 22.9 Å². The second-order valence-corrected chi connectivity index (χ2v) is 3.52. The van der Waals surface area contributed by atoms with Crippen LogP contribution < -0.4 is 0 Å². The summed E-state index contributed by atoms with van der Waals surface area (Å²) in [6.07, 6.45) is 0.325. The van der Waals surface area contributed by atoms with Gasteiger partial charge in [0.05, 0.1) is 11.5 Å². The van der Waals surface area contributed by atoms with E-state index in [0.29, 0.717) is 6.42 Å². The fourth-order valence-electron chi connectivity index (χ4n) is 1.28. The van der Waals surface area contributed by atoms with Gasteiger partial charge < -0.3 is 0 Å². The van der Waals surface area contributed by atoms with Gasteiger partial charge >= 0.3 is 0 Å². The van der Waals surface area contributed by atoms with Crippen molar-refractivity contribution in [2.24, 2.45) is 0 Å². The molecule has 4 heteroatoms. The number of nitrogens with zero attached hydrogens (tertiary/aromatic N) is 1. The summed E-state index contributed by atoms with van der Waals surface area (Å²) in [6.45, 7) is 3.17. The Morgan fingerprint density at radius 1 is 1.27 bits per heavy atom. The molecular formula is C11H10F3N. The zero-order valence-electron chi connectivity index (χ0n) is 8.44. The molecule has 1 unspecified atom stereocenters. The molecule has 1 atom stereocenters. The number of benzene rings is 1. The fraction of sp³-hybridized carbons (Fsp3) is 0.364. The highest BCUT2D eigenvalue weighted by molar-refractivity contribution is 5.33. The van der Waals surface area contributed by atoms with Crippen LogP contribution >= 0.6 is 0 Å². The molecule has 1 nitrogen and oxygen atoms in total. The molecular weight excluding hydrogens is 203 g/mol. The summed E-state index contributed by atoms with van der Waals surface area (Å²) in [5, 5.41) is 8.89. The van der Waals surface area contributed by atoms with Crippen molar-refractivity contribution in [2.45, 2.75) is 25.7 Å². The lowest BCUT2D eigenvalue weighted by molar-refractivity contribution is 0.425. The highest BCUT2D eigenvalue weighted by Crippen LogP contribution is 2.30. The molecule has 0 saturated carbocycles. The summed E-state index contributed by atoms with van der Waals surface area (Å²) in [5.41, 5.74) is -1.23. The lowest BCUT2D eigenvalue weighted by Crippen LogP contribution is -2.21. The van der Waals surface area contributed by atoms with Crippen molar-refractivity contribution < 1.29 is 13.2 Å². The third-order valence-corrected chi connectivity index (χ3v) is 2.58. The highest BCUT2D eigenvalue weighted by atomic mass is 19.2. The van der Waals surface area contributed by atoms with Gasteiger partial charge in [0.15, 0.2) is 17.5 Å². The SMILES string of the molecule is CCC(C)(C#N)c1ccc(F)c(F)c1F. The van der Waals surface area contributed by atoms with Gasteiger partial charge in [-0.3, -0.25) is 0 Å². The van der Waals surface area contributed by atoms with E-state index >= 15 is 0 Å². The number of halogens is 3. The van der Waals surface area contributed by atoms with Gasteiger partial charge in [0, 0.05) is 5.56 Å². The van der Waals surface area contributed by atoms with Gasteiger partial charge in [-0.05, 0) is 19.4 Å². The van der Waals surface area contributed by atoms with Gasteiger partial charge in [0.2, 0.25) is 0 Å².